The minimum absolute atomic E-state index is 0.0918. The standard InChI is InChI=1S/C15H15ClN2O4S/c1-11-6-7-13(18(19)20)10-15(11)23(21,22)17-9-8-12-4-2-3-5-14(12)16/h2-7,10,17H,8-9H2,1H3. The fourth-order valence-electron chi connectivity index (χ4n) is 2.09. The first-order valence-corrected chi connectivity index (χ1v) is 8.65. The molecule has 2 aromatic carbocycles. The van der Waals surface area contributed by atoms with Gasteiger partial charge in [0.05, 0.1) is 9.82 Å². The third-order valence-electron chi connectivity index (χ3n) is 3.32. The van der Waals surface area contributed by atoms with Crippen molar-refractivity contribution in [1.82, 2.24) is 4.72 Å². The molecule has 23 heavy (non-hydrogen) atoms. The predicted molar refractivity (Wildman–Crippen MR) is 88.2 cm³/mol. The Labute approximate surface area is 139 Å². The highest BCUT2D eigenvalue weighted by Crippen LogP contribution is 2.21. The van der Waals surface area contributed by atoms with Crippen LogP contribution >= 0.6 is 11.6 Å². The van der Waals surface area contributed by atoms with Gasteiger partial charge in [0.15, 0.2) is 0 Å². The molecule has 2 aromatic rings. The monoisotopic (exact) mass is 354 g/mol. The highest BCUT2D eigenvalue weighted by Gasteiger charge is 2.20. The number of hydrogen-bond acceptors (Lipinski definition) is 4. The largest absolute Gasteiger partial charge is 0.270 e. The summed E-state index contributed by atoms with van der Waals surface area (Å²) in [5, 5.41) is 11.4. The molecule has 8 heteroatoms. The van der Waals surface area contributed by atoms with E-state index in [0.29, 0.717) is 17.0 Å². The summed E-state index contributed by atoms with van der Waals surface area (Å²) in [6, 6.07) is 10.9. The van der Waals surface area contributed by atoms with Gasteiger partial charge in [-0.3, -0.25) is 10.1 Å². The number of hydrogen-bond donors (Lipinski definition) is 1. The van der Waals surface area contributed by atoms with E-state index in [1.54, 1.807) is 19.1 Å². The van der Waals surface area contributed by atoms with E-state index >= 15 is 0 Å². The van der Waals surface area contributed by atoms with E-state index in [4.69, 9.17) is 11.6 Å². The Morgan fingerprint density at radius 3 is 2.57 bits per heavy atom. The van der Waals surface area contributed by atoms with Crippen LogP contribution < -0.4 is 4.72 Å². The van der Waals surface area contributed by atoms with Crippen LogP contribution in [0.5, 0.6) is 0 Å². The van der Waals surface area contributed by atoms with E-state index in [-0.39, 0.29) is 17.1 Å². The minimum atomic E-state index is -3.83. The van der Waals surface area contributed by atoms with Crippen molar-refractivity contribution in [2.24, 2.45) is 0 Å². The molecule has 0 fully saturated rings. The van der Waals surface area contributed by atoms with Gasteiger partial charge in [0, 0.05) is 23.7 Å². The van der Waals surface area contributed by atoms with Gasteiger partial charge in [-0.25, -0.2) is 13.1 Å². The van der Waals surface area contributed by atoms with Gasteiger partial charge in [0.25, 0.3) is 5.69 Å². The summed E-state index contributed by atoms with van der Waals surface area (Å²) in [6.45, 7) is 1.74. The molecule has 0 aliphatic carbocycles. The second kappa shape index (κ2) is 7.08. The number of aryl methyl sites for hydroxylation is 1. The summed E-state index contributed by atoms with van der Waals surface area (Å²) < 4.78 is 27.1. The van der Waals surface area contributed by atoms with Crippen LogP contribution in [0.25, 0.3) is 0 Å². The Kier molecular flexibility index (Phi) is 5.35. The van der Waals surface area contributed by atoms with Crippen molar-refractivity contribution in [2.45, 2.75) is 18.2 Å². The van der Waals surface area contributed by atoms with Crippen molar-refractivity contribution in [1.29, 1.82) is 0 Å². The highest BCUT2D eigenvalue weighted by atomic mass is 35.5. The van der Waals surface area contributed by atoms with Crippen LogP contribution in [0.1, 0.15) is 11.1 Å². The molecule has 0 spiro atoms. The molecule has 0 aliphatic rings. The zero-order valence-electron chi connectivity index (χ0n) is 12.3. The molecule has 0 atom stereocenters. The SMILES string of the molecule is Cc1ccc([N+](=O)[O-])cc1S(=O)(=O)NCCc1ccccc1Cl. The Morgan fingerprint density at radius 1 is 1.22 bits per heavy atom. The van der Waals surface area contributed by atoms with Crippen LogP contribution in [0.3, 0.4) is 0 Å². The van der Waals surface area contributed by atoms with E-state index in [9.17, 15) is 18.5 Å². The number of benzene rings is 2. The van der Waals surface area contributed by atoms with E-state index in [2.05, 4.69) is 4.72 Å². The second-order valence-corrected chi connectivity index (χ2v) is 7.09. The third-order valence-corrected chi connectivity index (χ3v) is 5.29. The fraction of sp³-hybridized carbons (Fsp3) is 0.200. The van der Waals surface area contributed by atoms with E-state index < -0.39 is 14.9 Å². The maximum atomic E-state index is 12.3. The minimum Gasteiger partial charge on any atom is -0.258 e. The Balaban J connectivity index is 2.15. The molecule has 2 rings (SSSR count). The van der Waals surface area contributed by atoms with Gasteiger partial charge in [-0.15, -0.1) is 0 Å². The lowest BCUT2D eigenvalue weighted by Gasteiger charge is -2.10. The van der Waals surface area contributed by atoms with Gasteiger partial charge in [-0.2, -0.15) is 0 Å². The number of nitro benzene ring substituents is 1. The van der Waals surface area contributed by atoms with Gasteiger partial charge in [-0.1, -0.05) is 35.9 Å². The Hall–Kier alpha value is -1.96. The molecule has 0 aromatic heterocycles. The smallest absolute Gasteiger partial charge is 0.258 e. The Morgan fingerprint density at radius 2 is 1.91 bits per heavy atom. The summed E-state index contributed by atoms with van der Waals surface area (Å²) >= 11 is 6.02. The van der Waals surface area contributed by atoms with Crippen LogP contribution in [0, 0.1) is 17.0 Å². The zero-order valence-corrected chi connectivity index (χ0v) is 13.9. The molecule has 6 nitrogen and oxygen atoms in total. The number of halogens is 1. The average molecular weight is 355 g/mol. The number of non-ortho nitro benzene ring substituents is 1. The van der Waals surface area contributed by atoms with Crippen LogP contribution in [-0.4, -0.2) is 19.9 Å². The van der Waals surface area contributed by atoms with E-state index in [1.807, 2.05) is 12.1 Å². The summed E-state index contributed by atoms with van der Waals surface area (Å²) in [4.78, 5) is 10.1. The normalized spacial score (nSPS) is 11.4. The van der Waals surface area contributed by atoms with Crippen molar-refractivity contribution in [3.63, 3.8) is 0 Å². The van der Waals surface area contributed by atoms with Crippen molar-refractivity contribution in [3.05, 3.63) is 68.7 Å². The van der Waals surface area contributed by atoms with E-state index in [0.717, 1.165) is 11.6 Å². The first-order chi connectivity index (χ1) is 10.8. The molecule has 0 radical (unpaired) electrons. The Bertz CT molecular complexity index is 837. The summed E-state index contributed by atoms with van der Waals surface area (Å²) in [5.74, 6) is 0. The zero-order chi connectivity index (χ0) is 17.0. The predicted octanol–water partition coefficient (Wildman–Crippen LogP) is 3.08. The third kappa shape index (κ3) is 4.28. The number of sulfonamides is 1. The molecule has 0 saturated heterocycles. The van der Waals surface area contributed by atoms with Crippen LogP contribution in [0.15, 0.2) is 47.4 Å². The first-order valence-electron chi connectivity index (χ1n) is 6.79. The lowest BCUT2D eigenvalue weighted by atomic mass is 10.1. The average Bonchev–Trinajstić information content (AvgIpc) is 2.49. The van der Waals surface area contributed by atoms with Crippen molar-refractivity contribution >= 4 is 27.3 Å². The topological polar surface area (TPSA) is 89.3 Å². The van der Waals surface area contributed by atoms with Gasteiger partial charge in [-0.05, 0) is 30.5 Å². The molecular weight excluding hydrogens is 340 g/mol. The molecular formula is C15H15ClN2O4S. The molecule has 1 N–H and O–H groups in total. The number of nitrogens with zero attached hydrogens (tertiary/aromatic N) is 1. The number of nitrogens with one attached hydrogen (secondary N) is 1. The maximum Gasteiger partial charge on any atom is 0.270 e. The maximum absolute atomic E-state index is 12.3. The van der Waals surface area contributed by atoms with Gasteiger partial charge in [0.1, 0.15) is 0 Å². The van der Waals surface area contributed by atoms with Gasteiger partial charge < -0.3 is 0 Å². The van der Waals surface area contributed by atoms with Crippen molar-refractivity contribution < 1.29 is 13.3 Å². The molecule has 122 valence electrons. The molecule has 0 saturated carbocycles. The number of nitro groups is 1. The molecule has 0 aliphatic heterocycles. The molecule has 0 amide bonds. The van der Waals surface area contributed by atoms with E-state index in [1.165, 1.54) is 12.1 Å². The highest BCUT2D eigenvalue weighted by molar-refractivity contribution is 7.89. The second-order valence-electron chi connectivity index (χ2n) is 4.95. The molecule has 0 unspecified atom stereocenters. The lowest BCUT2D eigenvalue weighted by Crippen LogP contribution is -2.26. The summed E-state index contributed by atoms with van der Waals surface area (Å²) in [6.07, 6.45) is 0.423. The van der Waals surface area contributed by atoms with Crippen molar-refractivity contribution in [2.75, 3.05) is 6.54 Å². The number of rotatable bonds is 6. The fourth-order valence-corrected chi connectivity index (χ4v) is 3.62. The van der Waals surface area contributed by atoms with Crippen molar-refractivity contribution in [3.8, 4) is 0 Å². The quantitative estimate of drug-likeness (QED) is 0.637. The van der Waals surface area contributed by atoms with Gasteiger partial charge >= 0.3 is 0 Å². The van der Waals surface area contributed by atoms with Crippen LogP contribution in [0.2, 0.25) is 5.02 Å². The van der Waals surface area contributed by atoms with Crippen LogP contribution in [0.4, 0.5) is 5.69 Å². The lowest BCUT2D eigenvalue weighted by molar-refractivity contribution is -0.385. The summed E-state index contributed by atoms with van der Waals surface area (Å²) in [5.41, 5.74) is 1.01. The summed E-state index contributed by atoms with van der Waals surface area (Å²) in [7, 11) is -3.83. The molecule has 0 heterocycles. The molecule has 0 bridgehead atoms. The van der Waals surface area contributed by atoms with Crippen LogP contribution in [-0.2, 0) is 16.4 Å². The van der Waals surface area contributed by atoms with Gasteiger partial charge in [0.2, 0.25) is 10.0 Å². The first kappa shape index (κ1) is 17.4.